The summed E-state index contributed by atoms with van der Waals surface area (Å²) in [5.41, 5.74) is 5.65. The highest BCUT2D eigenvalue weighted by atomic mass is 32.2. The standard InChI is InChI=1S/C10H9NO5S2/c11-8-4-7-5(2-10(8)18(15)16)1-6(17(13)14)3-9(7)12/h1-4,12H,11H2,(H,13,14)(H,15,16). The molecule has 2 aromatic carbocycles. The first-order chi connectivity index (χ1) is 8.40. The zero-order valence-corrected chi connectivity index (χ0v) is 10.5. The summed E-state index contributed by atoms with van der Waals surface area (Å²) in [5, 5.41) is 10.4. The third-order valence-electron chi connectivity index (χ3n) is 2.42. The van der Waals surface area contributed by atoms with Gasteiger partial charge in [-0.15, -0.1) is 0 Å². The van der Waals surface area contributed by atoms with Crippen LogP contribution in [0.25, 0.3) is 10.8 Å². The number of phenolic OH excluding ortho intramolecular Hbond substituents is 1. The average molecular weight is 287 g/mol. The molecule has 0 saturated heterocycles. The fraction of sp³-hybridized carbons (Fsp3) is 0. The van der Waals surface area contributed by atoms with Gasteiger partial charge in [0.2, 0.25) is 0 Å². The summed E-state index contributed by atoms with van der Waals surface area (Å²) in [6.45, 7) is 0. The molecule has 6 nitrogen and oxygen atoms in total. The minimum atomic E-state index is -2.27. The molecule has 2 aromatic rings. The zero-order valence-electron chi connectivity index (χ0n) is 8.86. The molecule has 0 aliphatic carbocycles. The van der Waals surface area contributed by atoms with Gasteiger partial charge >= 0.3 is 0 Å². The van der Waals surface area contributed by atoms with Gasteiger partial charge in [0.1, 0.15) is 5.75 Å². The van der Waals surface area contributed by atoms with Gasteiger partial charge in [-0.2, -0.15) is 0 Å². The maximum Gasteiger partial charge on any atom is 0.188 e. The van der Waals surface area contributed by atoms with Crippen LogP contribution in [0.4, 0.5) is 5.69 Å². The molecule has 0 radical (unpaired) electrons. The van der Waals surface area contributed by atoms with Gasteiger partial charge < -0.3 is 19.9 Å². The number of hydrogen-bond donors (Lipinski definition) is 4. The summed E-state index contributed by atoms with van der Waals surface area (Å²) in [7, 11) is 0. The number of rotatable bonds is 2. The van der Waals surface area contributed by atoms with Gasteiger partial charge in [0.05, 0.1) is 15.5 Å². The van der Waals surface area contributed by atoms with Gasteiger partial charge in [-0.05, 0) is 29.7 Å². The number of hydrogen-bond acceptors (Lipinski definition) is 4. The van der Waals surface area contributed by atoms with Crippen molar-refractivity contribution in [1.82, 2.24) is 0 Å². The van der Waals surface area contributed by atoms with Crippen molar-refractivity contribution < 1.29 is 22.6 Å². The van der Waals surface area contributed by atoms with E-state index in [1.165, 1.54) is 18.2 Å². The molecule has 0 heterocycles. The topological polar surface area (TPSA) is 121 Å². The monoisotopic (exact) mass is 287 g/mol. The van der Waals surface area contributed by atoms with Gasteiger partial charge in [0.25, 0.3) is 0 Å². The van der Waals surface area contributed by atoms with Crippen LogP contribution in [0.3, 0.4) is 0 Å². The molecule has 18 heavy (non-hydrogen) atoms. The van der Waals surface area contributed by atoms with E-state index in [4.69, 9.17) is 14.8 Å². The van der Waals surface area contributed by atoms with Crippen molar-refractivity contribution in [2.45, 2.75) is 9.79 Å². The Morgan fingerprint density at radius 2 is 1.67 bits per heavy atom. The summed E-state index contributed by atoms with van der Waals surface area (Å²) in [6, 6.07) is 5.14. The van der Waals surface area contributed by atoms with Crippen molar-refractivity contribution in [1.29, 1.82) is 0 Å². The molecule has 0 fully saturated rings. The van der Waals surface area contributed by atoms with Gasteiger partial charge in [-0.3, -0.25) is 0 Å². The van der Waals surface area contributed by atoms with E-state index in [2.05, 4.69) is 0 Å². The number of nitrogen functional groups attached to an aromatic ring is 1. The normalized spacial score (nSPS) is 14.6. The van der Waals surface area contributed by atoms with Gasteiger partial charge in [-0.25, -0.2) is 8.42 Å². The second-order valence-corrected chi connectivity index (χ2v) is 5.46. The van der Waals surface area contributed by atoms with Gasteiger partial charge in [0.15, 0.2) is 22.2 Å². The number of anilines is 1. The number of phenols is 1. The third-order valence-corrected chi connectivity index (χ3v) is 3.79. The van der Waals surface area contributed by atoms with Crippen molar-refractivity contribution >= 4 is 38.6 Å². The van der Waals surface area contributed by atoms with Crippen LogP contribution in [-0.2, 0) is 22.2 Å². The van der Waals surface area contributed by atoms with Crippen LogP contribution in [0.1, 0.15) is 0 Å². The highest BCUT2D eigenvalue weighted by Gasteiger charge is 2.12. The second-order valence-electron chi connectivity index (χ2n) is 3.55. The van der Waals surface area contributed by atoms with Crippen molar-refractivity contribution in [2.24, 2.45) is 0 Å². The Kier molecular flexibility index (Phi) is 3.35. The summed E-state index contributed by atoms with van der Waals surface area (Å²) in [5.74, 6) is -0.216. The first kappa shape index (κ1) is 13.0. The maximum absolute atomic E-state index is 11.0. The fourth-order valence-corrected chi connectivity index (χ4v) is 2.54. The SMILES string of the molecule is Nc1cc2c(O)cc(S(=O)O)cc2cc1S(=O)O. The minimum absolute atomic E-state index is 0.000515. The van der Waals surface area contributed by atoms with Crippen molar-refractivity contribution in [2.75, 3.05) is 5.73 Å². The van der Waals surface area contributed by atoms with Crippen LogP contribution in [0, 0.1) is 0 Å². The predicted molar refractivity (Wildman–Crippen MR) is 68.1 cm³/mol. The van der Waals surface area contributed by atoms with Crippen molar-refractivity contribution in [3.8, 4) is 5.75 Å². The Morgan fingerprint density at radius 3 is 2.22 bits per heavy atom. The smallest absolute Gasteiger partial charge is 0.188 e. The predicted octanol–water partition coefficient (Wildman–Crippen LogP) is 1.29. The minimum Gasteiger partial charge on any atom is -0.507 e. The third kappa shape index (κ3) is 2.23. The van der Waals surface area contributed by atoms with Crippen LogP contribution in [0.5, 0.6) is 5.75 Å². The molecule has 0 bridgehead atoms. The first-order valence-electron chi connectivity index (χ1n) is 4.68. The molecular formula is C10H9NO5S2. The molecule has 8 heteroatoms. The quantitative estimate of drug-likeness (QED) is 0.488. The Bertz CT molecular complexity index is 686. The maximum atomic E-state index is 11.0. The van der Waals surface area contributed by atoms with Gasteiger partial charge in [0, 0.05) is 5.39 Å². The van der Waals surface area contributed by atoms with E-state index in [0.29, 0.717) is 10.8 Å². The Hall–Kier alpha value is -1.48. The Balaban J connectivity index is 2.82. The average Bonchev–Trinajstić information content (AvgIpc) is 2.28. The first-order valence-corrected chi connectivity index (χ1v) is 6.89. The molecular weight excluding hydrogens is 278 g/mol. The van der Waals surface area contributed by atoms with Crippen LogP contribution in [-0.4, -0.2) is 22.6 Å². The van der Waals surface area contributed by atoms with Crippen LogP contribution >= 0.6 is 0 Å². The highest BCUT2D eigenvalue weighted by Crippen LogP contribution is 2.32. The molecule has 0 aromatic heterocycles. The summed E-state index contributed by atoms with van der Waals surface area (Å²) < 4.78 is 40.0. The largest absolute Gasteiger partial charge is 0.507 e. The number of fused-ring (bicyclic) bond motifs is 1. The Morgan fingerprint density at radius 1 is 1.00 bits per heavy atom. The molecule has 96 valence electrons. The van der Waals surface area contributed by atoms with Crippen LogP contribution in [0.15, 0.2) is 34.1 Å². The number of aromatic hydroxyl groups is 1. The fourth-order valence-electron chi connectivity index (χ4n) is 1.61. The second kappa shape index (κ2) is 4.65. The lowest BCUT2D eigenvalue weighted by atomic mass is 10.1. The van der Waals surface area contributed by atoms with E-state index in [-0.39, 0.29) is 21.2 Å². The number of benzene rings is 2. The molecule has 0 aliphatic heterocycles. The molecule has 2 atom stereocenters. The molecule has 0 amide bonds. The molecule has 0 saturated carbocycles. The molecule has 2 unspecified atom stereocenters. The van der Waals surface area contributed by atoms with E-state index in [1.807, 2.05) is 0 Å². The molecule has 0 aliphatic rings. The van der Waals surface area contributed by atoms with E-state index in [9.17, 15) is 13.5 Å². The lowest BCUT2D eigenvalue weighted by Crippen LogP contribution is -1.97. The van der Waals surface area contributed by atoms with E-state index in [0.717, 1.165) is 6.07 Å². The Labute approximate surface area is 107 Å². The summed E-state index contributed by atoms with van der Waals surface area (Å²) >= 11 is -4.51. The van der Waals surface area contributed by atoms with E-state index in [1.54, 1.807) is 0 Å². The van der Waals surface area contributed by atoms with Crippen molar-refractivity contribution in [3.63, 3.8) is 0 Å². The summed E-state index contributed by atoms with van der Waals surface area (Å²) in [6.07, 6.45) is 0. The molecule has 0 spiro atoms. The molecule has 5 N–H and O–H groups in total. The lowest BCUT2D eigenvalue weighted by molar-refractivity contribution is 0.479. The van der Waals surface area contributed by atoms with Gasteiger partial charge in [-0.1, -0.05) is 0 Å². The van der Waals surface area contributed by atoms with Crippen LogP contribution < -0.4 is 5.73 Å². The lowest BCUT2D eigenvalue weighted by Gasteiger charge is -2.07. The highest BCUT2D eigenvalue weighted by molar-refractivity contribution is 7.79. The molecule has 2 rings (SSSR count). The van der Waals surface area contributed by atoms with E-state index < -0.39 is 22.2 Å². The van der Waals surface area contributed by atoms with E-state index >= 15 is 0 Å². The van der Waals surface area contributed by atoms with Crippen LogP contribution in [0.2, 0.25) is 0 Å². The van der Waals surface area contributed by atoms with Crippen molar-refractivity contribution in [3.05, 3.63) is 24.3 Å². The summed E-state index contributed by atoms with van der Waals surface area (Å²) in [4.78, 5) is -0.0118. The zero-order chi connectivity index (χ0) is 13.4. The number of nitrogens with two attached hydrogens (primary N) is 1.